The van der Waals surface area contributed by atoms with Crippen molar-refractivity contribution >= 4 is 11.8 Å². The number of carboxylic acid groups (broad SMARTS) is 1. The minimum atomic E-state index is -1.06. The van der Waals surface area contributed by atoms with E-state index in [0.29, 0.717) is 11.3 Å². The van der Waals surface area contributed by atoms with Crippen molar-refractivity contribution in [3.63, 3.8) is 0 Å². The maximum Gasteiger partial charge on any atom is 0.341 e. The van der Waals surface area contributed by atoms with E-state index < -0.39 is 12.6 Å². The first-order valence-corrected chi connectivity index (χ1v) is 4.47. The Morgan fingerprint density at radius 2 is 2.07 bits per heavy atom. The lowest BCUT2D eigenvalue weighted by molar-refractivity contribution is -0.139. The third-order valence-electron chi connectivity index (χ3n) is 1.87. The van der Waals surface area contributed by atoms with Crippen LogP contribution < -0.4 is 4.74 Å². The van der Waals surface area contributed by atoms with Gasteiger partial charge >= 0.3 is 5.97 Å². The molecule has 0 atom stereocenters. The molecular weight excluding hydrogens is 196 g/mol. The predicted octanol–water partition coefficient (Wildman–Crippen LogP) is 1.66. The molecule has 0 aliphatic carbocycles. The number of rotatable bonds is 4. The fourth-order valence-electron chi connectivity index (χ4n) is 1.18. The predicted molar refractivity (Wildman–Crippen MR) is 54.3 cm³/mol. The van der Waals surface area contributed by atoms with Gasteiger partial charge < -0.3 is 9.84 Å². The molecule has 0 heterocycles. The Kier molecular flexibility index (Phi) is 3.44. The fourth-order valence-corrected chi connectivity index (χ4v) is 1.18. The minimum Gasteiger partial charge on any atom is -0.481 e. The summed E-state index contributed by atoms with van der Waals surface area (Å²) in [6, 6.07) is 5.05. The molecule has 80 valence electrons. The van der Waals surface area contributed by atoms with Crippen LogP contribution in [-0.2, 0) is 4.79 Å². The number of aliphatic carboxylic acids is 1. The van der Waals surface area contributed by atoms with E-state index in [9.17, 15) is 9.59 Å². The van der Waals surface area contributed by atoms with Crippen LogP contribution >= 0.6 is 0 Å². The van der Waals surface area contributed by atoms with Crippen LogP contribution in [0.3, 0.4) is 0 Å². The summed E-state index contributed by atoms with van der Waals surface area (Å²) in [4.78, 5) is 21.5. The number of carbonyl (C=O) groups excluding carboxylic acids is 1. The maximum atomic E-state index is 11.2. The summed E-state index contributed by atoms with van der Waals surface area (Å²) in [5.74, 6) is -0.889. The quantitative estimate of drug-likeness (QED) is 0.764. The number of carboxylic acids is 1. The summed E-state index contributed by atoms with van der Waals surface area (Å²) < 4.78 is 4.99. The monoisotopic (exact) mass is 208 g/mol. The van der Waals surface area contributed by atoms with Crippen LogP contribution in [-0.4, -0.2) is 23.5 Å². The average molecular weight is 208 g/mol. The summed E-state index contributed by atoms with van der Waals surface area (Å²) in [5.41, 5.74) is 1.35. The van der Waals surface area contributed by atoms with Crippen molar-refractivity contribution in [3.8, 4) is 5.75 Å². The number of benzene rings is 1. The van der Waals surface area contributed by atoms with Gasteiger partial charge in [0.2, 0.25) is 0 Å². The Morgan fingerprint density at radius 1 is 1.40 bits per heavy atom. The molecule has 0 aromatic heterocycles. The van der Waals surface area contributed by atoms with Crippen molar-refractivity contribution in [2.45, 2.75) is 13.8 Å². The highest BCUT2D eigenvalue weighted by Crippen LogP contribution is 2.20. The molecule has 0 radical (unpaired) electrons. The van der Waals surface area contributed by atoms with Crippen LogP contribution in [0.1, 0.15) is 22.8 Å². The van der Waals surface area contributed by atoms with E-state index in [1.54, 1.807) is 18.2 Å². The molecule has 1 N–H and O–H groups in total. The number of Topliss-reactive ketones (excluding diaryl/α,β-unsaturated/α-hetero) is 1. The van der Waals surface area contributed by atoms with E-state index in [1.165, 1.54) is 6.92 Å². The van der Waals surface area contributed by atoms with Gasteiger partial charge in [-0.25, -0.2) is 4.79 Å². The van der Waals surface area contributed by atoms with Gasteiger partial charge in [0.1, 0.15) is 5.75 Å². The van der Waals surface area contributed by atoms with Gasteiger partial charge in [0.25, 0.3) is 0 Å². The Balaban J connectivity index is 2.95. The van der Waals surface area contributed by atoms with E-state index in [4.69, 9.17) is 9.84 Å². The first-order valence-electron chi connectivity index (χ1n) is 4.47. The number of hydrogen-bond acceptors (Lipinski definition) is 3. The second kappa shape index (κ2) is 4.59. The summed E-state index contributed by atoms with van der Waals surface area (Å²) in [6.07, 6.45) is 0. The van der Waals surface area contributed by atoms with Gasteiger partial charge in [-0.15, -0.1) is 0 Å². The molecule has 0 aliphatic heterocycles. The average Bonchev–Trinajstić information content (AvgIpc) is 2.15. The highest BCUT2D eigenvalue weighted by Gasteiger charge is 2.09. The first-order chi connectivity index (χ1) is 7.00. The van der Waals surface area contributed by atoms with E-state index >= 15 is 0 Å². The van der Waals surface area contributed by atoms with E-state index in [1.807, 2.05) is 6.92 Å². The molecule has 0 unspecified atom stereocenters. The van der Waals surface area contributed by atoms with Gasteiger partial charge in [0.15, 0.2) is 12.4 Å². The highest BCUT2D eigenvalue weighted by molar-refractivity contribution is 5.97. The molecule has 1 aromatic rings. The van der Waals surface area contributed by atoms with Gasteiger partial charge in [-0.2, -0.15) is 0 Å². The molecule has 0 aliphatic rings. The molecule has 0 saturated carbocycles. The molecule has 0 amide bonds. The van der Waals surface area contributed by atoms with Crippen LogP contribution in [0, 0.1) is 6.92 Å². The topological polar surface area (TPSA) is 63.6 Å². The smallest absolute Gasteiger partial charge is 0.341 e. The second-order valence-electron chi connectivity index (χ2n) is 3.24. The van der Waals surface area contributed by atoms with Crippen molar-refractivity contribution in [3.05, 3.63) is 29.3 Å². The van der Waals surface area contributed by atoms with Crippen molar-refractivity contribution < 1.29 is 19.4 Å². The Bertz CT molecular complexity index is 396. The molecular formula is C11H12O4. The zero-order valence-corrected chi connectivity index (χ0v) is 8.61. The summed E-state index contributed by atoms with van der Waals surface area (Å²) in [5, 5.41) is 8.45. The standard InChI is InChI=1S/C11H12O4/c1-7-3-4-10(15-6-11(13)14)9(5-7)8(2)12/h3-5H,6H2,1-2H3,(H,13,14). The van der Waals surface area contributed by atoms with Crippen LogP contribution in [0.2, 0.25) is 0 Å². The number of ketones is 1. The SMILES string of the molecule is CC(=O)c1cc(C)ccc1OCC(=O)O. The fraction of sp³-hybridized carbons (Fsp3) is 0.273. The maximum absolute atomic E-state index is 11.2. The number of aryl methyl sites for hydroxylation is 1. The molecule has 0 fully saturated rings. The number of hydrogen-bond donors (Lipinski definition) is 1. The molecule has 4 heteroatoms. The lowest BCUT2D eigenvalue weighted by Crippen LogP contribution is -2.11. The van der Waals surface area contributed by atoms with Crippen LogP contribution in [0.25, 0.3) is 0 Å². The third-order valence-corrected chi connectivity index (χ3v) is 1.87. The second-order valence-corrected chi connectivity index (χ2v) is 3.24. The Morgan fingerprint density at radius 3 is 2.60 bits per heavy atom. The van der Waals surface area contributed by atoms with E-state index in [0.717, 1.165) is 5.56 Å². The molecule has 0 bridgehead atoms. The van der Waals surface area contributed by atoms with Gasteiger partial charge in [-0.1, -0.05) is 11.6 Å². The van der Waals surface area contributed by atoms with Crippen molar-refractivity contribution in [1.29, 1.82) is 0 Å². The lowest BCUT2D eigenvalue weighted by atomic mass is 10.1. The summed E-state index contributed by atoms with van der Waals surface area (Å²) in [7, 11) is 0. The Labute approximate surface area is 87.5 Å². The summed E-state index contributed by atoms with van der Waals surface area (Å²) >= 11 is 0. The van der Waals surface area contributed by atoms with Gasteiger partial charge in [0.05, 0.1) is 5.56 Å². The number of ether oxygens (including phenoxy) is 1. The molecule has 1 rings (SSSR count). The van der Waals surface area contributed by atoms with E-state index in [2.05, 4.69) is 0 Å². The van der Waals surface area contributed by atoms with Gasteiger partial charge in [0, 0.05) is 0 Å². The Hall–Kier alpha value is -1.84. The highest BCUT2D eigenvalue weighted by atomic mass is 16.5. The van der Waals surface area contributed by atoms with Gasteiger partial charge in [-0.3, -0.25) is 4.79 Å². The van der Waals surface area contributed by atoms with Crippen molar-refractivity contribution in [1.82, 2.24) is 0 Å². The number of carbonyl (C=O) groups is 2. The van der Waals surface area contributed by atoms with Crippen LogP contribution in [0.5, 0.6) is 5.75 Å². The largest absolute Gasteiger partial charge is 0.481 e. The molecule has 0 spiro atoms. The van der Waals surface area contributed by atoms with E-state index in [-0.39, 0.29) is 5.78 Å². The molecule has 0 saturated heterocycles. The zero-order valence-electron chi connectivity index (χ0n) is 8.61. The lowest BCUT2D eigenvalue weighted by Gasteiger charge is -2.08. The van der Waals surface area contributed by atoms with Crippen molar-refractivity contribution in [2.75, 3.05) is 6.61 Å². The van der Waals surface area contributed by atoms with Crippen LogP contribution in [0.4, 0.5) is 0 Å². The van der Waals surface area contributed by atoms with Gasteiger partial charge in [-0.05, 0) is 26.0 Å². The summed E-state index contributed by atoms with van der Waals surface area (Å²) in [6.45, 7) is 2.83. The molecule has 1 aromatic carbocycles. The molecule has 15 heavy (non-hydrogen) atoms. The molecule has 4 nitrogen and oxygen atoms in total. The normalized spacial score (nSPS) is 9.73. The zero-order chi connectivity index (χ0) is 11.4. The third kappa shape index (κ3) is 3.09. The van der Waals surface area contributed by atoms with Crippen LogP contribution in [0.15, 0.2) is 18.2 Å². The minimum absolute atomic E-state index is 0.140. The first kappa shape index (κ1) is 11.2. The van der Waals surface area contributed by atoms with Crippen molar-refractivity contribution in [2.24, 2.45) is 0 Å².